The first-order valence-electron chi connectivity index (χ1n) is 20.2. The molecular formula is C47H63N5O4. The molecule has 9 nitrogen and oxygen atoms in total. The first-order chi connectivity index (χ1) is 27.3. The summed E-state index contributed by atoms with van der Waals surface area (Å²) in [6.07, 6.45) is 14.9. The van der Waals surface area contributed by atoms with Gasteiger partial charge < -0.3 is 24.4 Å². The summed E-state index contributed by atoms with van der Waals surface area (Å²) >= 11 is 0. The van der Waals surface area contributed by atoms with E-state index in [-0.39, 0.29) is 11.9 Å². The van der Waals surface area contributed by atoms with Gasteiger partial charge in [-0.1, -0.05) is 113 Å². The van der Waals surface area contributed by atoms with Crippen LogP contribution in [0.5, 0.6) is 5.75 Å². The summed E-state index contributed by atoms with van der Waals surface area (Å²) in [7, 11) is 1.62. The van der Waals surface area contributed by atoms with Gasteiger partial charge in [0.05, 0.1) is 44.9 Å². The van der Waals surface area contributed by atoms with Crippen LogP contribution in [0.15, 0.2) is 120 Å². The number of amidine groups is 1. The van der Waals surface area contributed by atoms with Crippen LogP contribution in [-0.2, 0) is 28.9 Å². The predicted molar refractivity (Wildman–Crippen MR) is 232 cm³/mol. The molecule has 2 unspecified atom stereocenters. The Balaban J connectivity index is 1.62. The number of hydrogen-bond donors (Lipinski definition) is 2. The largest absolute Gasteiger partial charge is 0.505 e. The number of aliphatic imine (C=N–C) groups is 1. The van der Waals surface area contributed by atoms with E-state index in [4.69, 9.17) is 14.2 Å². The number of carbonyl (C=O) groups is 1. The van der Waals surface area contributed by atoms with Crippen LogP contribution in [-0.4, -0.2) is 63.5 Å². The van der Waals surface area contributed by atoms with Gasteiger partial charge in [0.15, 0.2) is 0 Å². The number of ether oxygens (including phenoxy) is 3. The standard InChI is InChI=1S/C47H63N5O4/c1-7-10-17-38(16-9-3)30-41-22-23-42(32-46(41)52(34-36(4)15-8-2)26-29-55-28-14-27-54-6)47(53)49-44(45-33-48-37(5)50-51-45)31-39-20-24-43(25-21-39)56-35-40-18-12-11-13-19-40/h8,11-15,18-25,27,32,38,44H,4,7,9-10,16-17,26,28-31,33-35H2,1-3,5-6H3,(H,48,50)(H,49,53)/b15-8-,27-14+. The Hall–Kier alpha value is -5.15. The van der Waals surface area contributed by atoms with Gasteiger partial charge in [0, 0.05) is 24.3 Å². The van der Waals surface area contributed by atoms with Crippen molar-refractivity contribution in [2.45, 2.75) is 85.3 Å². The summed E-state index contributed by atoms with van der Waals surface area (Å²) in [6.45, 7) is 15.9. The third-order valence-corrected chi connectivity index (χ3v) is 9.77. The lowest BCUT2D eigenvalue weighted by Crippen LogP contribution is -2.45. The number of benzene rings is 3. The van der Waals surface area contributed by atoms with E-state index < -0.39 is 0 Å². The van der Waals surface area contributed by atoms with Crippen molar-refractivity contribution in [2.24, 2.45) is 16.0 Å². The average molecular weight is 762 g/mol. The smallest absolute Gasteiger partial charge is 0.251 e. The molecule has 0 aliphatic carbocycles. The Kier molecular flexibility index (Phi) is 19.0. The van der Waals surface area contributed by atoms with Crippen LogP contribution in [0.4, 0.5) is 5.69 Å². The summed E-state index contributed by atoms with van der Waals surface area (Å²) in [6, 6.07) is 24.0. The molecule has 4 rings (SSSR count). The fourth-order valence-electron chi connectivity index (χ4n) is 6.82. The van der Waals surface area contributed by atoms with E-state index in [9.17, 15) is 4.79 Å². The van der Waals surface area contributed by atoms with Crippen LogP contribution in [0.3, 0.4) is 0 Å². The van der Waals surface area contributed by atoms with Crippen molar-refractivity contribution in [2.75, 3.05) is 44.9 Å². The number of rotatable bonds is 25. The van der Waals surface area contributed by atoms with E-state index in [1.807, 2.05) is 92.7 Å². The Labute approximate surface area is 335 Å². The molecule has 1 aliphatic heterocycles. The number of nitrogens with zero attached hydrogens (tertiary/aromatic N) is 3. The Morgan fingerprint density at radius 3 is 2.52 bits per heavy atom. The van der Waals surface area contributed by atoms with Gasteiger partial charge in [-0.2, -0.15) is 5.10 Å². The molecule has 2 atom stereocenters. The molecule has 300 valence electrons. The molecule has 0 saturated carbocycles. The quantitative estimate of drug-likeness (QED) is 0.0508. The first-order valence-corrected chi connectivity index (χ1v) is 20.2. The van der Waals surface area contributed by atoms with E-state index >= 15 is 0 Å². The lowest BCUT2D eigenvalue weighted by atomic mass is 9.89. The Bertz CT molecular complexity index is 1770. The minimum atomic E-state index is -0.381. The maximum absolute atomic E-state index is 14.3. The average Bonchev–Trinajstić information content (AvgIpc) is 3.21. The van der Waals surface area contributed by atoms with Crippen molar-refractivity contribution >= 4 is 23.1 Å². The number of hydrazone groups is 1. The molecule has 1 amide bonds. The van der Waals surface area contributed by atoms with Gasteiger partial charge in [-0.25, -0.2) is 0 Å². The lowest BCUT2D eigenvalue weighted by molar-refractivity contribution is 0.0946. The molecule has 1 heterocycles. The molecule has 0 spiro atoms. The van der Waals surface area contributed by atoms with Gasteiger partial charge in [0.25, 0.3) is 5.91 Å². The lowest BCUT2D eigenvalue weighted by Gasteiger charge is -2.29. The van der Waals surface area contributed by atoms with Crippen molar-refractivity contribution in [1.82, 2.24) is 10.7 Å². The fourth-order valence-corrected chi connectivity index (χ4v) is 6.82. The number of nitrogens with one attached hydrogen (secondary N) is 2. The van der Waals surface area contributed by atoms with Gasteiger partial charge in [0.1, 0.15) is 18.2 Å². The molecule has 3 aromatic carbocycles. The second-order valence-corrected chi connectivity index (χ2v) is 14.4. The Morgan fingerprint density at radius 2 is 1.82 bits per heavy atom. The van der Waals surface area contributed by atoms with Gasteiger partial charge in [-0.3, -0.25) is 15.2 Å². The minimum absolute atomic E-state index is 0.163. The normalized spacial score (nSPS) is 13.8. The highest BCUT2D eigenvalue weighted by Crippen LogP contribution is 2.30. The zero-order valence-electron chi connectivity index (χ0n) is 34.3. The van der Waals surface area contributed by atoms with Crippen LogP contribution in [0.1, 0.15) is 86.8 Å². The van der Waals surface area contributed by atoms with Crippen LogP contribution in [0, 0.1) is 5.92 Å². The minimum Gasteiger partial charge on any atom is -0.505 e. The second-order valence-electron chi connectivity index (χ2n) is 14.4. The SMILES string of the molecule is C=C(/C=C\C)CN(CCOC/C=C/OC)c1cc(C(=O)NC(Cc2ccc(OCc3ccccc3)cc2)C2=NNC(C)=NC2)ccc1CC(CCC)CCCC. The predicted octanol–water partition coefficient (Wildman–Crippen LogP) is 9.25. The number of hydrogen-bond acceptors (Lipinski definition) is 8. The number of methoxy groups -OCH3 is 1. The van der Waals surface area contributed by atoms with E-state index in [1.165, 1.54) is 31.2 Å². The van der Waals surface area contributed by atoms with Gasteiger partial charge in [-0.15, -0.1) is 0 Å². The zero-order valence-corrected chi connectivity index (χ0v) is 34.3. The van der Waals surface area contributed by atoms with E-state index in [2.05, 4.69) is 58.3 Å². The van der Waals surface area contributed by atoms with Gasteiger partial charge in [-0.05, 0) is 85.2 Å². The van der Waals surface area contributed by atoms with Crippen molar-refractivity contribution in [3.05, 3.63) is 132 Å². The molecule has 56 heavy (non-hydrogen) atoms. The molecule has 2 N–H and O–H groups in total. The van der Waals surface area contributed by atoms with Crippen molar-refractivity contribution in [3.8, 4) is 5.75 Å². The highest BCUT2D eigenvalue weighted by Gasteiger charge is 2.24. The summed E-state index contributed by atoms with van der Waals surface area (Å²) in [5, 5.41) is 7.96. The molecule has 0 radical (unpaired) electrons. The molecule has 0 saturated heterocycles. The van der Waals surface area contributed by atoms with Crippen LogP contribution in [0.25, 0.3) is 0 Å². The molecule has 3 aromatic rings. The van der Waals surface area contributed by atoms with Gasteiger partial charge >= 0.3 is 0 Å². The molecule has 0 bridgehead atoms. The van der Waals surface area contributed by atoms with E-state index in [1.54, 1.807) is 13.4 Å². The van der Waals surface area contributed by atoms with Crippen LogP contribution in [0.2, 0.25) is 0 Å². The zero-order chi connectivity index (χ0) is 40.0. The molecule has 1 aliphatic rings. The topological polar surface area (TPSA) is 96.8 Å². The van der Waals surface area contributed by atoms with E-state index in [0.717, 1.165) is 52.5 Å². The van der Waals surface area contributed by atoms with Crippen molar-refractivity contribution < 1.29 is 19.0 Å². The maximum Gasteiger partial charge on any atom is 0.251 e. The second kappa shape index (κ2) is 24.4. The highest BCUT2D eigenvalue weighted by molar-refractivity contribution is 6.02. The number of amides is 1. The number of anilines is 1. The molecule has 0 fully saturated rings. The maximum atomic E-state index is 14.3. The van der Waals surface area contributed by atoms with Crippen molar-refractivity contribution in [3.63, 3.8) is 0 Å². The third kappa shape index (κ3) is 14.8. The third-order valence-electron chi connectivity index (χ3n) is 9.77. The summed E-state index contributed by atoms with van der Waals surface area (Å²) in [5.74, 6) is 1.94. The Morgan fingerprint density at radius 1 is 1.02 bits per heavy atom. The van der Waals surface area contributed by atoms with Crippen LogP contribution >= 0.6 is 0 Å². The molecular weight excluding hydrogens is 699 g/mol. The summed E-state index contributed by atoms with van der Waals surface area (Å²) in [5.41, 5.74) is 9.80. The highest BCUT2D eigenvalue weighted by atomic mass is 16.5. The monoisotopic (exact) mass is 761 g/mol. The van der Waals surface area contributed by atoms with Crippen molar-refractivity contribution in [1.29, 1.82) is 0 Å². The number of carbonyl (C=O) groups excluding carboxylic acids is 1. The number of allylic oxidation sites excluding steroid dienone is 1. The van der Waals surface area contributed by atoms with Gasteiger partial charge in [0.2, 0.25) is 0 Å². The summed E-state index contributed by atoms with van der Waals surface area (Å²) < 4.78 is 17.0. The summed E-state index contributed by atoms with van der Waals surface area (Å²) in [4.78, 5) is 21.2. The van der Waals surface area contributed by atoms with E-state index in [0.29, 0.717) is 57.4 Å². The molecule has 9 heteroatoms. The molecule has 0 aromatic heterocycles. The first kappa shape index (κ1) is 43.6. The number of unbranched alkanes of at least 4 members (excludes halogenated alkanes) is 1. The van der Waals surface area contributed by atoms with Crippen LogP contribution < -0.4 is 20.4 Å². The fraction of sp³-hybridized carbons (Fsp3) is 0.426.